The van der Waals surface area contributed by atoms with E-state index in [0.717, 1.165) is 0 Å². The molecule has 3 N–H and O–H groups in total. The summed E-state index contributed by atoms with van der Waals surface area (Å²) in [6, 6.07) is 15.5. The van der Waals surface area contributed by atoms with Gasteiger partial charge in [-0.1, -0.05) is 42.5 Å². The molecule has 2 heteroatoms. The minimum atomic E-state index is 0.155. The SMILES string of the molecule is Cc1cc(C)c(C(NN)C2(c3ccccc3)CC2)cc1C. The zero-order valence-corrected chi connectivity index (χ0v) is 13.1. The largest absolute Gasteiger partial charge is 0.271 e. The third-order valence-electron chi connectivity index (χ3n) is 5.05. The Kier molecular flexibility index (Phi) is 3.60. The second kappa shape index (κ2) is 5.28. The molecule has 2 nitrogen and oxygen atoms in total. The molecule has 1 atom stereocenters. The van der Waals surface area contributed by atoms with E-state index < -0.39 is 0 Å². The normalized spacial score (nSPS) is 17.5. The van der Waals surface area contributed by atoms with Gasteiger partial charge in [0.25, 0.3) is 0 Å². The van der Waals surface area contributed by atoms with Crippen molar-refractivity contribution in [3.63, 3.8) is 0 Å². The van der Waals surface area contributed by atoms with Gasteiger partial charge in [-0.25, -0.2) is 0 Å². The molecular weight excluding hydrogens is 256 g/mol. The van der Waals surface area contributed by atoms with E-state index in [1.54, 1.807) is 0 Å². The Morgan fingerprint density at radius 1 is 0.952 bits per heavy atom. The maximum atomic E-state index is 5.98. The van der Waals surface area contributed by atoms with Crippen LogP contribution in [0.2, 0.25) is 0 Å². The predicted octanol–water partition coefficient (Wildman–Crippen LogP) is 3.85. The maximum Gasteiger partial charge on any atom is 0.0559 e. The number of hydrogen-bond donors (Lipinski definition) is 2. The van der Waals surface area contributed by atoms with E-state index in [0.29, 0.717) is 0 Å². The fourth-order valence-corrected chi connectivity index (χ4v) is 3.49. The molecule has 2 aromatic rings. The first-order chi connectivity index (χ1) is 10.1. The summed E-state index contributed by atoms with van der Waals surface area (Å²) in [7, 11) is 0. The Morgan fingerprint density at radius 3 is 2.14 bits per heavy atom. The van der Waals surface area contributed by atoms with Crippen molar-refractivity contribution in [2.45, 2.75) is 45.1 Å². The van der Waals surface area contributed by atoms with Gasteiger partial charge >= 0.3 is 0 Å². The second-order valence-electron chi connectivity index (χ2n) is 6.41. The summed E-state index contributed by atoms with van der Waals surface area (Å²) in [5.74, 6) is 5.98. The zero-order chi connectivity index (χ0) is 15.0. The Bertz CT molecular complexity index is 642. The Hall–Kier alpha value is -1.64. The maximum absolute atomic E-state index is 5.98. The Morgan fingerprint density at radius 2 is 1.57 bits per heavy atom. The van der Waals surface area contributed by atoms with E-state index in [1.165, 1.54) is 40.7 Å². The number of hydrogen-bond acceptors (Lipinski definition) is 2. The smallest absolute Gasteiger partial charge is 0.0559 e. The molecule has 1 fully saturated rings. The summed E-state index contributed by atoms with van der Waals surface area (Å²) < 4.78 is 0. The van der Waals surface area contributed by atoms with Gasteiger partial charge in [0.1, 0.15) is 0 Å². The summed E-state index contributed by atoms with van der Waals surface area (Å²) >= 11 is 0. The molecular formula is C19H24N2. The van der Waals surface area contributed by atoms with Crippen LogP contribution in [0.4, 0.5) is 0 Å². The van der Waals surface area contributed by atoms with E-state index >= 15 is 0 Å². The minimum absolute atomic E-state index is 0.155. The molecule has 0 heterocycles. The van der Waals surface area contributed by atoms with Crippen molar-refractivity contribution in [3.05, 3.63) is 70.3 Å². The molecule has 21 heavy (non-hydrogen) atoms. The van der Waals surface area contributed by atoms with E-state index in [2.05, 4.69) is 68.7 Å². The number of hydrazine groups is 1. The summed E-state index contributed by atoms with van der Waals surface area (Å²) in [5.41, 5.74) is 9.99. The lowest BCUT2D eigenvalue weighted by molar-refractivity contribution is 0.437. The van der Waals surface area contributed by atoms with Gasteiger partial charge in [-0.3, -0.25) is 11.3 Å². The average Bonchev–Trinajstić information content (AvgIpc) is 3.28. The quantitative estimate of drug-likeness (QED) is 0.659. The van der Waals surface area contributed by atoms with E-state index in [9.17, 15) is 0 Å². The zero-order valence-electron chi connectivity index (χ0n) is 13.1. The highest BCUT2D eigenvalue weighted by Crippen LogP contribution is 2.56. The summed E-state index contributed by atoms with van der Waals surface area (Å²) in [5, 5.41) is 0. The van der Waals surface area contributed by atoms with Crippen molar-refractivity contribution in [3.8, 4) is 0 Å². The molecule has 110 valence electrons. The molecule has 0 saturated heterocycles. The molecule has 1 aliphatic carbocycles. The van der Waals surface area contributed by atoms with Gasteiger partial charge in [0.15, 0.2) is 0 Å². The monoisotopic (exact) mass is 280 g/mol. The van der Waals surface area contributed by atoms with Crippen LogP contribution in [-0.4, -0.2) is 0 Å². The lowest BCUT2D eigenvalue weighted by Crippen LogP contribution is -2.37. The molecule has 1 saturated carbocycles. The lowest BCUT2D eigenvalue weighted by Gasteiger charge is -2.29. The van der Waals surface area contributed by atoms with E-state index in [1.807, 2.05) is 0 Å². The highest BCUT2D eigenvalue weighted by Gasteiger charge is 2.51. The molecule has 0 spiro atoms. The van der Waals surface area contributed by atoms with Gasteiger partial charge in [0, 0.05) is 5.41 Å². The van der Waals surface area contributed by atoms with E-state index in [-0.39, 0.29) is 11.5 Å². The summed E-state index contributed by atoms with van der Waals surface area (Å²) in [6.07, 6.45) is 2.39. The summed E-state index contributed by atoms with van der Waals surface area (Å²) in [6.45, 7) is 6.53. The van der Waals surface area contributed by atoms with Crippen molar-refractivity contribution in [2.24, 2.45) is 5.84 Å². The van der Waals surface area contributed by atoms with Gasteiger partial charge in [-0.2, -0.15) is 0 Å². The number of aryl methyl sites for hydroxylation is 3. The molecule has 0 bridgehead atoms. The number of benzene rings is 2. The molecule has 3 rings (SSSR count). The highest BCUT2D eigenvalue weighted by atomic mass is 15.2. The van der Waals surface area contributed by atoms with Crippen LogP contribution in [0.1, 0.15) is 46.7 Å². The van der Waals surface area contributed by atoms with Crippen LogP contribution >= 0.6 is 0 Å². The van der Waals surface area contributed by atoms with Crippen LogP contribution < -0.4 is 11.3 Å². The molecule has 0 aromatic heterocycles. The van der Waals surface area contributed by atoms with Crippen molar-refractivity contribution in [1.82, 2.24) is 5.43 Å². The van der Waals surface area contributed by atoms with Gasteiger partial charge < -0.3 is 0 Å². The fourth-order valence-electron chi connectivity index (χ4n) is 3.49. The predicted molar refractivity (Wildman–Crippen MR) is 88.1 cm³/mol. The third kappa shape index (κ3) is 2.39. The average molecular weight is 280 g/mol. The van der Waals surface area contributed by atoms with Crippen molar-refractivity contribution < 1.29 is 0 Å². The van der Waals surface area contributed by atoms with Crippen LogP contribution in [0.3, 0.4) is 0 Å². The van der Waals surface area contributed by atoms with E-state index in [4.69, 9.17) is 5.84 Å². The topological polar surface area (TPSA) is 38.0 Å². The summed E-state index contributed by atoms with van der Waals surface area (Å²) in [4.78, 5) is 0. The minimum Gasteiger partial charge on any atom is -0.271 e. The lowest BCUT2D eigenvalue weighted by atomic mass is 9.82. The fraction of sp³-hybridized carbons (Fsp3) is 0.368. The molecule has 0 amide bonds. The second-order valence-corrected chi connectivity index (χ2v) is 6.41. The molecule has 0 radical (unpaired) electrons. The van der Waals surface area contributed by atoms with Crippen molar-refractivity contribution in [1.29, 1.82) is 0 Å². The van der Waals surface area contributed by atoms with Crippen LogP contribution in [0.15, 0.2) is 42.5 Å². The first kappa shape index (κ1) is 14.3. The standard InChI is InChI=1S/C19H24N2/c1-13-11-15(3)17(12-14(13)2)18(21-20)19(9-10-19)16-7-5-4-6-8-16/h4-8,11-12,18,21H,9-10,20H2,1-3H3. The van der Waals surface area contributed by atoms with Crippen LogP contribution in [-0.2, 0) is 5.41 Å². The molecule has 2 aromatic carbocycles. The highest BCUT2D eigenvalue weighted by molar-refractivity contribution is 5.44. The van der Waals surface area contributed by atoms with Crippen LogP contribution in [0.25, 0.3) is 0 Å². The number of nitrogens with two attached hydrogens (primary N) is 1. The molecule has 1 aliphatic rings. The van der Waals surface area contributed by atoms with Crippen molar-refractivity contribution >= 4 is 0 Å². The first-order valence-corrected chi connectivity index (χ1v) is 7.68. The van der Waals surface area contributed by atoms with Gasteiger partial charge in [-0.15, -0.1) is 0 Å². The van der Waals surface area contributed by atoms with Crippen LogP contribution in [0, 0.1) is 20.8 Å². The third-order valence-corrected chi connectivity index (χ3v) is 5.05. The Balaban J connectivity index is 2.06. The van der Waals surface area contributed by atoms with Crippen LogP contribution in [0.5, 0.6) is 0 Å². The first-order valence-electron chi connectivity index (χ1n) is 7.68. The van der Waals surface area contributed by atoms with Gasteiger partial charge in [-0.05, 0) is 61.4 Å². The number of rotatable bonds is 4. The van der Waals surface area contributed by atoms with Gasteiger partial charge in [0.05, 0.1) is 6.04 Å². The Labute approximate surface area is 127 Å². The van der Waals surface area contributed by atoms with Gasteiger partial charge in [0.2, 0.25) is 0 Å². The molecule has 0 aliphatic heterocycles. The number of nitrogens with one attached hydrogen (secondary N) is 1. The molecule has 1 unspecified atom stereocenters. The van der Waals surface area contributed by atoms with Crippen molar-refractivity contribution in [2.75, 3.05) is 0 Å².